The maximum atomic E-state index is 5.70. The first-order chi connectivity index (χ1) is 9.76. The van der Waals surface area contributed by atoms with Gasteiger partial charge in [0.15, 0.2) is 0 Å². The van der Waals surface area contributed by atoms with Crippen LogP contribution in [0.2, 0.25) is 0 Å². The Balaban J connectivity index is 1.73. The van der Waals surface area contributed by atoms with Gasteiger partial charge in [-0.15, -0.1) is 0 Å². The van der Waals surface area contributed by atoms with E-state index in [0.29, 0.717) is 6.10 Å². The summed E-state index contributed by atoms with van der Waals surface area (Å²) in [6.07, 6.45) is 11.8. The molecule has 0 aromatic carbocycles. The molecule has 2 nitrogen and oxygen atoms in total. The molecule has 2 saturated carbocycles. The number of hydrogen-bond donors (Lipinski definition) is 1. The van der Waals surface area contributed by atoms with Crippen molar-refractivity contribution in [3.8, 4) is 0 Å². The van der Waals surface area contributed by atoms with Crippen LogP contribution in [0, 0.1) is 17.8 Å². The summed E-state index contributed by atoms with van der Waals surface area (Å²) in [5, 5.41) is 3.79. The molecule has 0 heterocycles. The minimum Gasteiger partial charge on any atom is -0.378 e. The van der Waals surface area contributed by atoms with E-state index in [1.54, 1.807) is 0 Å². The summed E-state index contributed by atoms with van der Waals surface area (Å²) in [4.78, 5) is 0. The van der Waals surface area contributed by atoms with Crippen molar-refractivity contribution in [3.63, 3.8) is 0 Å². The van der Waals surface area contributed by atoms with Gasteiger partial charge in [0.05, 0.1) is 6.10 Å². The Morgan fingerprint density at radius 1 is 1.00 bits per heavy atom. The quantitative estimate of drug-likeness (QED) is 0.712. The van der Waals surface area contributed by atoms with Crippen LogP contribution < -0.4 is 5.32 Å². The largest absolute Gasteiger partial charge is 0.378 e. The third-order valence-corrected chi connectivity index (χ3v) is 5.69. The molecule has 118 valence electrons. The van der Waals surface area contributed by atoms with Crippen molar-refractivity contribution in [2.75, 3.05) is 13.2 Å². The molecule has 0 amide bonds. The monoisotopic (exact) mass is 281 g/mol. The van der Waals surface area contributed by atoms with E-state index in [4.69, 9.17) is 4.74 Å². The van der Waals surface area contributed by atoms with Crippen LogP contribution in [0.1, 0.15) is 72.1 Å². The lowest BCUT2D eigenvalue weighted by molar-refractivity contribution is -0.0314. The van der Waals surface area contributed by atoms with Gasteiger partial charge in [0, 0.05) is 12.6 Å². The van der Waals surface area contributed by atoms with Crippen LogP contribution in [0.15, 0.2) is 0 Å². The summed E-state index contributed by atoms with van der Waals surface area (Å²) in [6, 6.07) is 0.769. The van der Waals surface area contributed by atoms with E-state index in [9.17, 15) is 0 Å². The van der Waals surface area contributed by atoms with Crippen LogP contribution in [0.4, 0.5) is 0 Å². The molecule has 0 saturated heterocycles. The molecule has 0 aliphatic heterocycles. The number of rotatable bonds is 8. The van der Waals surface area contributed by atoms with Crippen molar-refractivity contribution in [3.05, 3.63) is 0 Å². The second-order valence-electron chi connectivity index (χ2n) is 7.00. The smallest absolute Gasteiger partial charge is 0.0580 e. The average Bonchev–Trinajstić information content (AvgIpc) is 2.44. The van der Waals surface area contributed by atoms with E-state index in [0.717, 1.165) is 36.9 Å². The zero-order valence-electron chi connectivity index (χ0n) is 13.9. The van der Waals surface area contributed by atoms with Crippen LogP contribution in [0.5, 0.6) is 0 Å². The fourth-order valence-corrected chi connectivity index (χ4v) is 4.30. The molecule has 1 atom stereocenters. The molecule has 2 aliphatic carbocycles. The summed E-state index contributed by atoms with van der Waals surface area (Å²) in [7, 11) is 0. The Morgan fingerprint density at radius 3 is 2.25 bits per heavy atom. The molecule has 1 unspecified atom stereocenters. The Morgan fingerprint density at radius 2 is 1.70 bits per heavy atom. The second-order valence-corrected chi connectivity index (χ2v) is 7.00. The average molecular weight is 281 g/mol. The number of ether oxygens (including phenoxy) is 1. The summed E-state index contributed by atoms with van der Waals surface area (Å²) >= 11 is 0. The van der Waals surface area contributed by atoms with Gasteiger partial charge in [0.25, 0.3) is 0 Å². The molecule has 2 heteroatoms. The standard InChI is InChI=1S/C18H35NO/c1-4-14-7-9-16(10-8-14)18(19-5-2)13-15-11-17(12-15)20-6-3/h14-19H,4-13H2,1-3H3. The molecule has 1 N–H and O–H groups in total. The molecule has 2 aliphatic rings. The maximum absolute atomic E-state index is 5.70. The normalized spacial score (nSPS) is 35.5. The Labute approximate surface area is 126 Å². The molecule has 0 bridgehead atoms. The molecular formula is C18H35NO. The van der Waals surface area contributed by atoms with Crippen molar-refractivity contribution in [1.29, 1.82) is 0 Å². The van der Waals surface area contributed by atoms with E-state index in [-0.39, 0.29) is 0 Å². The molecule has 2 fully saturated rings. The third-order valence-electron chi connectivity index (χ3n) is 5.69. The summed E-state index contributed by atoms with van der Waals surface area (Å²) < 4.78 is 5.70. The highest BCUT2D eigenvalue weighted by molar-refractivity contribution is 4.88. The van der Waals surface area contributed by atoms with Crippen molar-refractivity contribution in [1.82, 2.24) is 5.32 Å². The van der Waals surface area contributed by atoms with Crippen LogP contribution >= 0.6 is 0 Å². The fourth-order valence-electron chi connectivity index (χ4n) is 4.30. The van der Waals surface area contributed by atoms with Gasteiger partial charge in [-0.2, -0.15) is 0 Å². The van der Waals surface area contributed by atoms with Crippen LogP contribution in [-0.4, -0.2) is 25.3 Å². The van der Waals surface area contributed by atoms with Crippen LogP contribution in [-0.2, 0) is 4.74 Å². The SMILES string of the molecule is CCNC(CC1CC(OCC)C1)C1CCC(CC)CC1. The molecule has 20 heavy (non-hydrogen) atoms. The van der Waals surface area contributed by atoms with Gasteiger partial charge >= 0.3 is 0 Å². The predicted molar refractivity (Wildman–Crippen MR) is 86.0 cm³/mol. The molecule has 2 rings (SSSR count). The van der Waals surface area contributed by atoms with Gasteiger partial charge in [-0.3, -0.25) is 0 Å². The molecule has 0 radical (unpaired) electrons. The van der Waals surface area contributed by atoms with Gasteiger partial charge in [0.2, 0.25) is 0 Å². The van der Waals surface area contributed by atoms with Gasteiger partial charge in [0.1, 0.15) is 0 Å². The topological polar surface area (TPSA) is 21.3 Å². The predicted octanol–water partition coefficient (Wildman–Crippen LogP) is 4.39. The lowest BCUT2D eigenvalue weighted by Gasteiger charge is -2.40. The van der Waals surface area contributed by atoms with Crippen LogP contribution in [0.3, 0.4) is 0 Å². The van der Waals surface area contributed by atoms with E-state index in [1.165, 1.54) is 51.4 Å². The highest BCUT2D eigenvalue weighted by Crippen LogP contribution is 2.38. The number of nitrogens with one attached hydrogen (secondary N) is 1. The van der Waals surface area contributed by atoms with Crippen molar-refractivity contribution >= 4 is 0 Å². The highest BCUT2D eigenvalue weighted by Gasteiger charge is 2.34. The van der Waals surface area contributed by atoms with E-state index >= 15 is 0 Å². The molecule has 0 aromatic heterocycles. The first-order valence-electron chi connectivity index (χ1n) is 9.11. The third kappa shape index (κ3) is 4.46. The molecular weight excluding hydrogens is 246 g/mol. The van der Waals surface area contributed by atoms with E-state index in [1.807, 2.05) is 0 Å². The van der Waals surface area contributed by atoms with Gasteiger partial charge < -0.3 is 10.1 Å². The lowest BCUT2D eigenvalue weighted by Crippen LogP contribution is -2.43. The highest BCUT2D eigenvalue weighted by atomic mass is 16.5. The Bertz CT molecular complexity index is 254. The Hall–Kier alpha value is -0.0800. The first kappa shape index (κ1) is 16.3. The first-order valence-corrected chi connectivity index (χ1v) is 9.11. The van der Waals surface area contributed by atoms with E-state index < -0.39 is 0 Å². The van der Waals surface area contributed by atoms with Gasteiger partial charge in [-0.25, -0.2) is 0 Å². The molecule has 0 aromatic rings. The van der Waals surface area contributed by atoms with E-state index in [2.05, 4.69) is 26.1 Å². The van der Waals surface area contributed by atoms with Crippen molar-refractivity contribution < 1.29 is 4.74 Å². The van der Waals surface area contributed by atoms with Crippen molar-refractivity contribution in [2.45, 2.75) is 84.3 Å². The minimum absolute atomic E-state index is 0.572. The zero-order valence-corrected chi connectivity index (χ0v) is 13.9. The minimum atomic E-state index is 0.572. The summed E-state index contributed by atoms with van der Waals surface area (Å²) in [5.74, 6) is 2.86. The van der Waals surface area contributed by atoms with Gasteiger partial charge in [-0.1, -0.05) is 33.1 Å². The Kier molecular flexibility index (Phi) is 6.83. The van der Waals surface area contributed by atoms with Crippen LogP contribution in [0.25, 0.3) is 0 Å². The summed E-state index contributed by atoms with van der Waals surface area (Å²) in [5.41, 5.74) is 0. The zero-order chi connectivity index (χ0) is 14.4. The summed E-state index contributed by atoms with van der Waals surface area (Å²) in [6.45, 7) is 8.74. The second kappa shape index (κ2) is 8.38. The fraction of sp³-hybridized carbons (Fsp3) is 1.00. The number of hydrogen-bond acceptors (Lipinski definition) is 2. The van der Waals surface area contributed by atoms with Crippen molar-refractivity contribution in [2.24, 2.45) is 17.8 Å². The molecule has 0 spiro atoms. The maximum Gasteiger partial charge on any atom is 0.0580 e. The lowest BCUT2D eigenvalue weighted by atomic mass is 9.72. The van der Waals surface area contributed by atoms with Gasteiger partial charge in [-0.05, 0) is 63.3 Å².